The van der Waals surface area contributed by atoms with Gasteiger partial charge in [0.25, 0.3) is 0 Å². The predicted octanol–water partition coefficient (Wildman–Crippen LogP) is 3.06. The Labute approximate surface area is 142 Å². The highest BCUT2D eigenvalue weighted by Gasteiger charge is 2.51. The number of aliphatic carboxylic acids is 1. The van der Waals surface area contributed by atoms with Crippen molar-refractivity contribution in [2.75, 3.05) is 0 Å². The highest BCUT2D eigenvalue weighted by molar-refractivity contribution is 5.84. The molecule has 132 valence electrons. The van der Waals surface area contributed by atoms with E-state index in [4.69, 9.17) is 9.47 Å². The zero-order chi connectivity index (χ0) is 18.0. The number of pyridine rings is 1. The second kappa shape index (κ2) is 6.79. The lowest BCUT2D eigenvalue weighted by Crippen LogP contribution is -2.49. The molecule has 1 fully saturated rings. The Hall–Kier alpha value is -2.11. The zero-order valence-electron chi connectivity index (χ0n) is 14.6. The van der Waals surface area contributed by atoms with Crippen LogP contribution in [0.1, 0.15) is 47.0 Å². The van der Waals surface area contributed by atoms with Crippen molar-refractivity contribution in [2.24, 2.45) is 11.3 Å². The Bertz CT molecular complexity index is 595. The minimum Gasteiger partial charge on any atom is -0.490 e. The Kier molecular flexibility index (Phi) is 5.16. The van der Waals surface area contributed by atoms with Crippen molar-refractivity contribution >= 4 is 11.9 Å². The number of esters is 1. The second-order valence-electron chi connectivity index (χ2n) is 7.51. The number of carbonyl (C=O) groups is 2. The summed E-state index contributed by atoms with van der Waals surface area (Å²) in [6, 6.07) is 3.47. The quantitative estimate of drug-likeness (QED) is 0.851. The van der Waals surface area contributed by atoms with Crippen LogP contribution in [0.3, 0.4) is 0 Å². The van der Waals surface area contributed by atoms with Gasteiger partial charge in [-0.05, 0) is 52.7 Å². The van der Waals surface area contributed by atoms with E-state index in [-0.39, 0.29) is 12.5 Å². The SMILES string of the molecule is CC(C)(C)OC(=O)[C@H]1CC[C@@H](Oc2ccncc2)C[C@]1(C)C(=O)O. The van der Waals surface area contributed by atoms with Crippen molar-refractivity contribution < 1.29 is 24.2 Å². The summed E-state index contributed by atoms with van der Waals surface area (Å²) in [4.78, 5) is 28.3. The summed E-state index contributed by atoms with van der Waals surface area (Å²) in [7, 11) is 0. The lowest BCUT2D eigenvalue weighted by molar-refractivity contribution is -0.177. The number of hydrogen-bond donors (Lipinski definition) is 1. The molecule has 1 saturated carbocycles. The number of rotatable bonds is 4. The van der Waals surface area contributed by atoms with Crippen LogP contribution in [-0.2, 0) is 14.3 Å². The van der Waals surface area contributed by atoms with Crippen LogP contribution in [0, 0.1) is 11.3 Å². The van der Waals surface area contributed by atoms with Crippen LogP contribution >= 0.6 is 0 Å². The van der Waals surface area contributed by atoms with Crippen LogP contribution in [0.25, 0.3) is 0 Å². The highest BCUT2D eigenvalue weighted by atomic mass is 16.6. The minimum atomic E-state index is -1.21. The molecule has 2 rings (SSSR count). The van der Waals surface area contributed by atoms with Crippen molar-refractivity contribution in [3.8, 4) is 5.75 Å². The normalized spacial score (nSPS) is 27.3. The molecule has 0 spiro atoms. The molecular formula is C18H25NO5. The average molecular weight is 335 g/mol. The number of nitrogens with zero attached hydrogens (tertiary/aromatic N) is 1. The molecule has 6 heteroatoms. The molecule has 6 nitrogen and oxygen atoms in total. The predicted molar refractivity (Wildman–Crippen MR) is 87.6 cm³/mol. The maximum atomic E-state index is 12.5. The van der Waals surface area contributed by atoms with Crippen LogP contribution in [0.15, 0.2) is 24.5 Å². The fourth-order valence-corrected chi connectivity index (χ4v) is 3.09. The van der Waals surface area contributed by atoms with Gasteiger partial charge in [0.2, 0.25) is 0 Å². The zero-order valence-corrected chi connectivity index (χ0v) is 14.6. The molecular weight excluding hydrogens is 310 g/mol. The molecule has 3 atom stereocenters. The van der Waals surface area contributed by atoms with E-state index in [1.165, 1.54) is 0 Å². The smallest absolute Gasteiger partial charge is 0.310 e. The molecule has 0 aliphatic heterocycles. The molecule has 1 aliphatic carbocycles. The van der Waals surface area contributed by atoms with Crippen LogP contribution in [0.4, 0.5) is 0 Å². The summed E-state index contributed by atoms with van der Waals surface area (Å²) in [6.07, 6.45) is 4.28. The van der Waals surface area contributed by atoms with Gasteiger partial charge in [0, 0.05) is 18.8 Å². The van der Waals surface area contributed by atoms with Gasteiger partial charge < -0.3 is 14.6 Å². The lowest BCUT2D eigenvalue weighted by atomic mass is 9.66. The van der Waals surface area contributed by atoms with Gasteiger partial charge in [0.1, 0.15) is 11.4 Å². The largest absolute Gasteiger partial charge is 0.490 e. The van der Waals surface area contributed by atoms with Crippen LogP contribution in [0.2, 0.25) is 0 Å². The number of carboxylic acids is 1. The average Bonchev–Trinajstić information content (AvgIpc) is 2.46. The number of aromatic nitrogens is 1. The molecule has 1 aromatic rings. The third-order valence-corrected chi connectivity index (χ3v) is 4.33. The van der Waals surface area contributed by atoms with E-state index in [1.807, 2.05) is 0 Å². The molecule has 0 aromatic carbocycles. The Morgan fingerprint density at radius 3 is 2.42 bits per heavy atom. The number of ether oxygens (including phenoxy) is 2. The molecule has 1 N–H and O–H groups in total. The first-order valence-electron chi connectivity index (χ1n) is 8.15. The van der Waals surface area contributed by atoms with Gasteiger partial charge in [-0.1, -0.05) is 0 Å². The summed E-state index contributed by atoms with van der Waals surface area (Å²) >= 11 is 0. The summed E-state index contributed by atoms with van der Waals surface area (Å²) in [6.45, 7) is 6.94. The summed E-state index contributed by atoms with van der Waals surface area (Å²) in [5.41, 5.74) is -1.85. The van der Waals surface area contributed by atoms with Gasteiger partial charge in [0.15, 0.2) is 0 Å². The van der Waals surface area contributed by atoms with Crippen molar-refractivity contribution in [3.63, 3.8) is 0 Å². The summed E-state index contributed by atoms with van der Waals surface area (Å²) in [5.74, 6) is -1.47. The van der Waals surface area contributed by atoms with Crippen molar-refractivity contribution in [1.29, 1.82) is 0 Å². The summed E-state index contributed by atoms with van der Waals surface area (Å²) < 4.78 is 11.3. The van der Waals surface area contributed by atoms with Gasteiger partial charge in [0.05, 0.1) is 17.4 Å². The van der Waals surface area contributed by atoms with Crippen molar-refractivity contribution in [1.82, 2.24) is 4.98 Å². The lowest BCUT2D eigenvalue weighted by Gasteiger charge is -2.41. The fraction of sp³-hybridized carbons (Fsp3) is 0.611. The van der Waals surface area contributed by atoms with Crippen molar-refractivity contribution in [2.45, 2.75) is 58.7 Å². The van der Waals surface area contributed by atoms with E-state index >= 15 is 0 Å². The number of hydrogen-bond acceptors (Lipinski definition) is 5. The Morgan fingerprint density at radius 2 is 1.88 bits per heavy atom. The first-order valence-corrected chi connectivity index (χ1v) is 8.15. The van der Waals surface area contributed by atoms with Gasteiger partial charge in [-0.3, -0.25) is 14.6 Å². The monoisotopic (exact) mass is 335 g/mol. The van der Waals surface area contributed by atoms with Gasteiger partial charge in [-0.25, -0.2) is 0 Å². The Morgan fingerprint density at radius 1 is 1.25 bits per heavy atom. The fourth-order valence-electron chi connectivity index (χ4n) is 3.09. The molecule has 0 bridgehead atoms. The molecule has 0 radical (unpaired) electrons. The maximum absolute atomic E-state index is 12.5. The van der Waals surface area contributed by atoms with Crippen LogP contribution < -0.4 is 4.74 Å². The van der Waals surface area contributed by atoms with Crippen molar-refractivity contribution in [3.05, 3.63) is 24.5 Å². The first-order chi connectivity index (χ1) is 11.1. The molecule has 0 unspecified atom stereocenters. The van der Waals surface area contributed by atoms with Gasteiger partial charge in [-0.15, -0.1) is 0 Å². The van der Waals surface area contributed by atoms with E-state index in [0.717, 1.165) is 0 Å². The maximum Gasteiger partial charge on any atom is 0.310 e. The molecule has 1 heterocycles. The van der Waals surface area contributed by atoms with Crippen LogP contribution in [0.5, 0.6) is 5.75 Å². The van der Waals surface area contributed by atoms with Crippen LogP contribution in [-0.4, -0.2) is 33.7 Å². The third kappa shape index (κ3) is 4.24. The molecule has 24 heavy (non-hydrogen) atoms. The summed E-state index contributed by atoms with van der Waals surface area (Å²) in [5, 5.41) is 9.73. The second-order valence-corrected chi connectivity index (χ2v) is 7.51. The highest BCUT2D eigenvalue weighted by Crippen LogP contribution is 2.43. The van der Waals surface area contributed by atoms with Gasteiger partial charge in [-0.2, -0.15) is 0 Å². The molecule has 1 aromatic heterocycles. The Balaban J connectivity index is 2.14. The minimum absolute atomic E-state index is 0.257. The standard InChI is InChI=1S/C18H25NO5/c1-17(2,3)24-15(20)14-6-5-13(11-18(14,4)16(21)22)23-12-7-9-19-10-8-12/h7-10,13-14H,5-6,11H2,1-4H3,(H,21,22)/t13-,14-,18+/m1/s1. The first kappa shape index (κ1) is 18.2. The van der Waals surface area contributed by atoms with E-state index in [9.17, 15) is 14.7 Å². The van der Waals surface area contributed by atoms with E-state index in [1.54, 1.807) is 52.2 Å². The number of carboxylic acid groups (broad SMARTS) is 1. The van der Waals surface area contributed by atoms with E-state index in [0.29, 0.717) is 18.6 Å². The molecule has 1 aliphatic rings. The molecule has 0 amide bonds. The topological polar surface area (TPSA) is 85.7 Å². The van der Waals surface area contributed by atoms with E-state index in [2.05, 4.69) is 4.98 Å². The molecule has 0 saturated heterocycles. The van der Waals surface area contributed by atoms with E-state index < -0.39 is 28.9 Å². The number of carbonyl (C=O) groups excluding carboxylic acids is 1. The third-order valence-electron chi connectivity index (χ3n) is 4.33. The van der Waals surface area contributed by atoms with Gasteiger partial charge >= 0.3 is 11.9 Å².